The number of rotatable bonds is 3. The molecule has 3 fully saturated rings. The van der Waals surface area contributed by atoms with Crippen molar-refractivity contribution in [3.8, 4) is 0 Å². The lowest BCUT2D eigenvalue weighted by molar-refractivity contribution is -0.384. The third kappa shape index (κ3) is 1.78. The normalized spacial score (nSPS) is 33.7. The van der Waals surface area contributed by atoms with E-state index in [1.165, 1.54) is 18.3 Å². The molecule has 0 N–H and O–H groups in total. The first-order chi connectivity index (χ1) is 12.0. The zero-order valence-corrected chi connectivity index (χ0v) is 13.2. The standard InChI is InChI=1S/C18H15N3O4/c22-16-14-12-4-5-13(18(12)6-7-18)15(14)17(23)20(16)19-9-10-2-1-3-11(8-10)21(24)25/h1-5,8-9,12-15H,6-7H2/b19-9-/t12-,13+,14+,15-. The third-order valence-corrected chi connectivity index (χ3v) is 6.23. The fraction of sp³-hybridized carbons (Fsp3) is 0.389. The van der Waals surface area contributed by atoms with Crippen LogP contribution in [0.5, 0.6) is 0 Å². The minimum absolute atomic E-state index is 0.0576. The Morgan fingerprint density at radius 1 is 1.16 bits per heavy atom. The zero-order valence-electron chi connectivity index (χ0n) is 13.2. The molecule has 25 heavy (non-hydrogen) atoms. The summed E-state index contributed by atoms with van der Waals surface area (Å²) in [7, 11) is 0. The predicted molar refractivity (Wildman–Crippen MR) is 87.3 cm³/mol. The second kappa shape index (κ2) is 4.62. The molecule has 126 valence electrons. The number of nitro benzene ring substituents is 1. The van der Waals surface area contributed by atoms with E-state index in [1.807, 2.05) is 0 Å². The van der Waals surface area contributed by atoms with Crippen molar-refractivity contribution < 1.29 is 14.5 Å². The Balaban J connectivity index is 1.42. The maximum Gasteiger partial charge on any atom is 0.270 e. The van der Waals surface area contributed by atoms with E-state index in [2.05, 4.69) is 17.3 Å². The van der Waals surface area contributed by atoms with Gasteiger partial charge in [0.25, 0.3) is 17.5 Å². The quantitative estimate of drug-likeness (QED) is 0.278. The molecule has 1 spiro atoms. The fourth-order valence-corrected chi connectivity index (χ4v) is 5.02. The maximum absolute atomic E-state index is 12.7. The average Bonchev–Trinajstić information content (AvgIpc) is 3.20. The van der Waals surface area contributed by atoms with Crippen LogP contribution in [0.15, 0.2) is 41.5 Å². The van der Waals surface area contributed by atoms with Gasteiger partial charge in [0.2, 0.25) is 0 Å². The molecule has 0 radical (unpaired) electrons. The molecule has 2 bridgehead atoms. The van der Waals surface area contributed by atoms with E-state index in [1.54, 1.807) is 12.1 Å². The van der Waals surface area contributed by atoms with Crippen molar-refractivity contribution in [1.82, 2.24) is 5.01 Å². The maximum atomic E-state index is 12.7. The van der Waals surface area contributed by atoms with E-state index in [0.717, 1.165) is 17.9 Å². The summed E-state index contributed by atoms with van der Waals surface area (Å²) in [5.74, 6) is -0.715. The van der Waals surface area contributed by atoms with Gasteiger partial charge in [0, 0.05) is 17.7 Å². The molecule has 1 aliphatic heterocycles. The van der Waals surface area contributed by atoms with E-state index in [9.17, 15) is 19.7 Å². The van der Waals surface area contributed by atoms with Gasteiger partial charge in [-0.1, -0.05) is 24.3 Å². The Labute approximate surface area is 143 Å². The van der Waals surface area contributed by atoms with Crippen molar-refractivity contribution in [3.63, 3.8) is 0 Å². The van der Waals surface area contributed by atoms with Gasteiger partial charge in [0.05, 0.1) is 23.0 Å². The number of hydrogen-bond donors (Lipinski definition) is 0. The molecule has 3 aliphatic carbocycles. The Morgan fingerprint density at radius 3 is 2.36 bits per heavy atom. The summed E-state index contributed by atoms with van der Waals surface area (Å²) in [5, 5.41) is 15.9. The SMILES string of the molecule is O=C1[C@@H]2[C@H](C(=O)N1/N=C\c1cccc([N+](=O)[O-])c1)[C@@H]1C=C[C@H]2C12CC2. The Bertz CT molecular complexity index is 852. The van der Waals surface area contributed by atoms with Crippen LogP contribution in [0.25, 0.3) is 0 Å². The summed E-state index contributed by atoms with van der Waals surface area (Å²) in [4.78, 5) is 35.8. The van der Waals surface area contributed by atoms with Gasteiger partial charge < -0.3 is 0 Å². The number of benzene rings is 1. The highest BCUT2D eigenvalue weighted by atomic mass is 16.6. The van der Waals surface area contributed by atoms with Crippen LogP contribution in [0, 0.1) is 39.2 Å². The van der Waals surface area contributed by atoms with Crippen molar-refractivity contribution in [1.29, 1.82) is 0 Å². The molecule has 4 atom stereocenters. The number of nitro groups is 1. The molecule has 2 saturated carbocycles. The second-order valence-corrected chi connectivity index (χ2v) is 7.31. The number of carbonyl (C=O) groups is 2. The minimum Gasteiger partial charge on any atom is -0.272 e. The lowest BCUT2D eigenvalue weighted by atomic mass is 9.85. The highest BCUT2D eigenvalue weighted by Gasteiger charge is 2.73. The topological polar surface area (TPSA) is 92.9 Å². The predicted octanol–water partition coefficient (Wildman–Crippen LogP) is 2.13. The van der Waals surface area contributed by atoms with E-state index in [4.69, 9.17) is 0 Å². The fourth-order valence-electron chi connectivity index (χ4n) is 5.02. The summed E-state index contributed by atoms with van der Waals surface area (Å²) >= 11 is 0. The molecular formula is C18H15N3O4. The molecule has 1 saturated heterocycles. The van der Waals surface area contributed by atoms with Crippen LogP contribution in [0.2, 0.25) is 0 Å². The van der Waals surface area contributed by atoms with E-state index < -0.39 is 4.92 Å². The van der Waals surface area contributed by atoms with Gasteiger partial charge in [-0.3, -0.25) is 19.7 Å². The molecule has 4 aliphatic rings. The van der Waals surface area contributed by atoms with Gasteiger partial charge in [-0.15, -0.1) is 0 Å². The van der Waals surface area contributed by atoms with Gasteiger partial charge >= 0.3 is 0 Å². The van der Waals surface area contributed by atoms with E-state index in [0.29, 0.717) is 5.56 Å². The van der Waals surface area contributed by atoms with Crippen molar-refractivity contribution >= 4 is 23.7 Å². The van der Waals surface area contributed by atoms with Gasteiger partial charge in [0.1, 0.15) is 0 Å². The van der Waals surface area contributed by atoms with Crippen LogP contribution in [0.3, 0.4) is 0 Å². The lowest BCUT2D eigenvalue weighted by Gasteiger charge is -2.18. The number of hydrogen-bond acceptors (Lipinski definition) is 5. The summed E-state index contributed by atoms with van der Waals surface area (Å²) in [6.07, 6.45) is 7.75. The van der Waals surface area contributed by atoms with Gasteiger partial charge in [-0.05, 0) is 30.1 Å². The van der Waals surface area contributed by atoms with Crippen LogP contribution < -0.4 is 0 Å². The van der Waals surface area contributed by atoms with E-state index >= 15 is 0 Å². The number of hydrazone groups is 1. The lowest BCUT2D eigenvalue weighted by Crippen LogP contribution is -2.30. The highest BCUT2D eigenvalue weighted by molar-refractivity contribution is 6.07. The highest BCUT2D eigenvalue weighted by Crippen LogP contribution is 2.73. The number of allylic oxidation sites excluding steroid dienone is 2. The Hall–Kier alpha value is -2.83. The van der Waals surface area contributed by atoms with Crippen LogP contribution >= 0.6 is 0 Å². The van der Waals surface area contributed by atoms with Crippen LogP contribution in [0.1, 0.15) is 18.4 Å². The molecule has 7 heteroatoms. The largest absolute Gasteiger partial charge is 0.272 e. The Kier molecular flexibility index (Phi) is 2.68. The first-order valence-electron chi connectivity index (χ1n) is 8.37. The van der Waals surface area contributed by atoms with Crippen molar-refractivity contribution in [3.05, 3.63) is 52.1 Å². The van der Waals surface area contributed by atoms with E-state index in [-0.39, 0.29) is 46.6 Å². The van der Waals surface area contributed by atoms with Crippen molar-refractivity contribution in [2.24, 2.45) is 34.2 Å². The summed E-state index contributed by atoms with van der Waals surface area (Å²) < 4.78 is 0. The number of fused-ring (bicyclic) bond motifs is 3. The first-order valence-corrected chi connectivity index (χ1v) is 8.37. The van der Waals surface area contributed by atoms with Crippen molar-refractivity contribution in [2.45, 2.75) is 12.8 Å². The minimum atomic E-state index is -0.494. The molecule has 0 unspecified atom stereocenters. The monoisotopic (exact) mass is 337 g/mol. The molecule has 1 aromatic rings. The van der Waals surface area contributed by atoms with Crippen LogP contribution in [0.4, 0.5) is 5.69 Å². The third-order valence-electron chi connectivity index (χ3n) is 6.23. The van der Waals surface area contributed by atoms with Gasteiger partial charge in [-0.25, -0.2) is 0 Å². The van der Waals surface area contributed by atoms with Crippen LogP contribution in [-0.4, -0.2) is 28.0 Å². The Morgan fingerprint density at radius 2 is 1.80 bits per heavy atom. The number of imide groups is 1. The summed E-state index contributed by atoms with van der Waals surface area (Å²) in [5.41, 5.74) is 0.584. The number of amides is 2. The second-order valence-electron chi connectivity index (χ2n) is 7.31. The number of non-ortho nitro benzene ring substituents is 1. The summed E-state index contributed by atoms with van der Waals surface area (Å²) in [6.45, 7) is 0. The molecule has 0 aromatic heterocycles. The first kappa shape index (κ1) is 14.5. The molecule has 7 nitrogen and oxygen atoms in total. The average molecular weight is 337 g/mol. The summed E-state index contributed by atoms with van der Waals surface area (Å²) in [6, 6.07) is 5.93. The molecule has 1 heterocycles. The smallest absolute Gasteiger partial charge is 0.270 e. The molecule has 1 aromatic carbocycles. The van der Waals surface area contributed by atoms with Gasteiger partial charge in [-0.2, -0.15) is 10.1 Å². The van der Waals surface area contributed by atoms with Crippen LogP contribution in [-0.2, 0) is 9.59 Å². The number of carbonyl (C=O) groups excluding carboxylic acids is 2. The van der Waals surface area contributed by atoms with Gasteiger partial charge in [0.15, 0.2) is 0 Å². The zero-order chi connectivity index (χ0) is 17.3. The molecular weight excluding hydrogens is 322 g/mol. The molecule has 2 amide bonds. The molecule has 5 rings (SSSR count). The van der Waals surface area contributed by atoms with Crippen molar-refractivity contribution in [2.75, 3.05) is 0 Å². The number of nitrogens with zero attached hydrogens (tertiary/aromatic N) is 3.